The van der Waals surface area contributed by atoms with Gasteiger partial charge in [0.2, 0.25) is 11.8 Å². The number of aliphatic carboxylic acids is 2. The number of hydrogen-bond donors (Lipinski definition) is 3. The van der Waals surface area contributed by atoms with Crippen molar-refractivity contribution in [2.24, 2.45) is 0 Å². The summed E-state index contributed by atoms with van der Waals surface area (Å²) in [6.07, 6.45) is 12.2. The summed E-state index contributed by atoms with van der Waals surface area (Å²) >= 11 is 0. The van der Waals surface area contributed by atoms with Crippen molar-refractivity contribution in [1.82, 2.24) is 10.2 Å². The number of amides is 2. The van der Waals surface area contributed by atoms with Gasteiger partial charge in [-0.25, -0.2) is 4.79 Å². The van der Waals surface area contributed by atoms with Crippen molar-refractivity contribution in [2.45, 2.75) is 135 Å². The van der Waals surface area contributed by atoms with E-state index in [4.69, 9.17) is 19.7 Å². The Kier molecular flexibility index (Phi) is 23.3. The normalized spacial score (nSPS) is 11.3. The largest absolute Gasteiger partial charge is 0.481 e. The van der Waals surface area contributed by atoms with Crippen molar-refractivity contribution in [3.05, 3.63) is 71.8 Å². The van der Waals surface area contributed by atoms with Crippen LogP contribution in [0.5, 0.6) is 0 Å². The summed E-state index contributed by atoms with van der Waals surface area (Å²) in [5.74, 6) is -3.89. The summed E-state index contributed by atoms with van der Waals surface area (Å²) in [6, 6.07) is 17.6. The molecule has 2 aromatic carbocycles. The van der Waals surface area contributed by atoms with Gasteiger partial charge in [-0.2, -0.15) is 0 Å². The van der Waals surface area contributed by atoms with Gasteiger partial charge in [-0.15, -0.1) is 0 Å². The molecule has 0 aliphatic heterocycles. The molecule has 53 heavy (non-hydrogen) atoms. The summed E-state index contributed by atoms with van der Waals surface area (Å²) in [5, 5.41) is 20.8. The van der Waals surface area contributed by atoms with Crippen LogP contribution in [0.1, 0.15) is 127 Å². The number of ether oxygens (including phenoxy) is 2. The smallest absolute Gasteiger partial charge is 0.328 e. The molecular formula is C41H58N2O10. The Labute approximate surface area is 313 Å². The minimum absolute atomic E-state index is 0.00273. The van der Waals surface area contributed by atoms with Gasteiger partial charge in [0.05, 0.1) is 12.8 Å². The standard InChI is InChI=1S/C41H58N2O10/c44-36(23-17-9-7-5-3-1-2-4-6-8-10-18-24-40(50)52-31-33-19-13-11-14-20-33)42-35(41(51)53-32-34-21-15-12-16-22-34)25-26-37(45)43(29-27-38(46)47)30-28-39(48)49/h11-16,19-22,35H,1-10,17-18,23-32H2,(H,42,44)(H,46,47)(H,48,49)/t35-/m1/s1. The van der Waals surface area contributed by atoms with Crippen LogP contribution in [0, 0.1) is 0 Å². The second-order valence-corrected chi connectivity index (χ2v) is 13.3. The third kappa shape index (κ3) is 22.7. The van der Waals surface area contributed by atoms with Gasteiger partial charge in [0.15, 0.2) is 0 Å². The number of carbonyl (C=O) groups is 6. The van der Waals surface area contributed by atoms with Crippen molar-refractivity contribution in [2.75, 3.05) is 13.1 Å². The molecule has 12 nitrogen and oxygen atoms in total. The van der Waals surface area contributed by atoms with Crippen LogP contribution in [-0.4, -0.2) is 69.9 Å². The maximum Gasteiger partial charge on any atom is 0.328 e. The molecule has 0 heterocycles. The first-order valence-corrected chi connectivity index (χ1v) is 19.0. The van der Waals surface area contributed by atoms with Crippen molar-refractivity contribution >= 4 is 35.7 Å². The lowest BCUT2D eigenvalue weighted by molar-refractivity contribution is -0.149. The van der Waals surface area contributed by atoms with E-state index in [0.717, 1.165) is 67.4 Å². The van der Waals surface area contributed by atoms with Gasteiger partial charge in [0.1, 0.15) is 19.3 Å². The second kappa shape index (κ2) is 27.9. The number of hydrogen-bond acceptors (Lipinski definition) is 8. The van der Waals surface area contributed by atoms with E-state index in [-0.39, 0.29) is 63.7 Å². The molecule has 2 amide bonds. The van der Waals surface area contributed by atoms with Crippen LogP contribution in [0.4, 0.5) is 0 Å². The monoisotopic (exact) mass is 738 g/mol. The summed E-state index contributed by atoms with van der Waals surface area (Å²) in [5.41, 5.74) is 1.76. The number of carbonyl (C=O) groups excluding carboxylic acids is 4. The van der Waals surface area contributed by atoms with Gasteiger partial charge in [0.25, 0.3) is 0 Å². The third-order valence-electron chi connectivity index (χ3n) is 8.81. The first-order chi connectivity index (χ1) is 25.6. The lowest BCUT2D eigenvalue weighted by Crippen LogP contribution is -2.43. The average Bonchev–Trinajstić information content (AvgIpc) is 3.15. The van der Waals surface area contributed by atoms with Crippen LogP contribution in [0.2, 0.25) is 0 Å². The van der Waals surface area contributed by atoms with Crippen molar-refractivity contribution in [1.29, 1.82) is 0 Å². The molecule has 0 saturated carbocycles. The number of carboxylic acids is 2. The minimum atomic E-state index is -1.12. The molecule has 0 fully saturated rings. The van der Waals surface area contributed by atoms with Crippen LogP contribution in [0.15, 0.2) is 60.7 Å². The minimum Gasteiger partial charge on any atom is -0.481 e. The molecule has 2 aromatic rings. The van der Waals surface area contributed by atoms with Crippen molar-refractivity contribution in [3.63, 3.8) is 0 Å². The molecule has 0 aliphatic carbocycles. The number of benzene rings is 2. The molecule has 3 N–H and O–H groups in total. The number of nitrogens with zero attached hydrogens (tertiary/aromatic N) is 1. The van der Waals surface area contributed by atoms with Crippen LogP contribution in [0.3, 0.4) is 0 Å². The number of esters is 2. The highest BCUT2D eigenvalue weighted by Gasteiger charge is 2.25. The fraction of sp³-hybridized carbons (Fsp3) is 0.561. The van der Waals surface area contributed by atoms with Gasteiger partial charge < -0.3 is 29.9 Å². The maximum absolute atomic E-state index is 13.0. The number of nitrogens with one attached hydrogen (secondary N) is 1. The topological polar surface area (TPSA) is 177 Å². The van der Waals surface area contributed by atoms with Crippen LogP contribution < -0.4 is 5.32 Å². The van der Waals surface area contributed by atoms with Crippen LogP contribution in [-0.2, 0) is 51.5 Å². The molecule has 0 unspecified atom stereocenters. The Morgan fingerprint density at radius 1 is 0.547 bits per heavy atom. The predicted octanol–water partition coefficient (Wildman–Crippen LogP) is 6.98. The van der Waals surface area contributed by atoms with E-state index < -0.39 is 29.9 Å². The Morgan fingerprint density at radius 2 is 0.981 bits per heavy atom. The molecule has 2 rings (SSSR count). The quantitative estimate of drug-likeness (QED) is 0.0560. The first-order valence-electron chi connectivity index (χ1n) is 19.0. The van der Waals surface area contributed by atoms with E-state index in [1.807, 2.05) is 48.5 Å². The predicted molar refractivity (Wildman–Crippen MR) is 199 cm³/mol. The highest BCUT2D eigenvalue weighted by atomic mass is 16.5. The number of carboxylic acid groups (broad SMARTS) is 2. The van der Waals surface area contributed by atoms with Crippen LogP contribution >= 0.6 is 0 Å². The maximum atomic E-state index is 13.0. The van der Waals surface area contributed by atoms with E-state index in [2.05, 4.69) is 5.32 Å². The number of rotatable bonds is 30. The van der Waals surface area contributed by atoms with Gasteiger partial charge >= 0.3 is 23.9 Å². The molecular weight excluding hydrogens is 680 g/mol. The van der Waals surface area contributed by atoms with E-state index in [0.29, 0.717) is 19.4 Å². The Morgan fingerprint density at radius 3 is 1.45 bits per heavy atom. The van der Waals surface area contributed by atoms with E-state index in [1.54, 1.807) is 12.1 Å². The van der Waals surface area contributed by atoms with Gasteiger partial charge in [-0.1, -0.05) is 125 Å². The Bertz CT molecular complexity index is 1350. The molecule has 1 atom stereocenters. The number of unbranched alkanes of at least 4 members (excludes halogenated alkanes) is 11. The molecule has 0 radical (unpaired) electrons. The summed E-state index contributed by atoms with van der Waals surface area (Å²) in [7, 11) is 0. The zero-order chi connectivity index (χ0) is 38.5. The van der Waals surface area contributed by atoms with E-state index in [1.165, 1.54) is 19.3 Å². The average molecular weight is 739 g/mol. The fourth-order valence-electron chi connectivity index (χ4n) is 5.73. The SMILES string of the molecule is O=C(O)CCN(CCC(=O)O)C(=O)CC[C@@H](NC(=O)CCCCCCCCCCCCCCC(=O)OCc1ccccc1)C(=O)OCc1ccccc1. The highest BCUT2D eigenvalue weighted by Crippen LogP contribution is 2.14. The Hall–Kier alpha value is -4.74. The van der Waals surface area contributed by atoms with Gasteiger partial charge in [-0.3, -0.25) is 24.0 Å². The lowest BCUT2D eigenvalue weighted by Gasteiger charge is -2.23. The lowest BCUT2D eigenvalue weighted by atomic mass is 10.0. The van der Waals surface area contributed by atoms with Crippen LogP contribution in [0.25, 0.3) is 0 Å². The second-order valence-electron chi connectivity index (χ2n) is 13.3. The fourth-order valence-corrected chi connectivity index (χ4v) is 5.73. The summed E-state index contributed by atoms with van der Waals surface area (Å²) in [4.78, 5) is 73.9. The third-order valence-corrected chi connectivity index (χ3v) is 8.81. The zero-order valence-electron chi connectivity index (χ0n) is 31.0. The van der Waals surface area contributed by atoms with Crippen molar-refractivity contribution < 1.29 is 48.5 Å². The molecule has 0 aliphatic rings. The van der Waals surface area contributed by atoms with E-state index in [9.17, 15) is 28.8 Å². The molecule has 12 heteroatoms. The van der Waals surface area contributed by atoms with Gasteiger partial charge in [-0.05, 0) is 30.4 Å². The molecule has 0 aromatic heterocycles. The zero-order valence-corrected chi connectivity index (χ0v) is 31.0. The van der Waals surface area contributed by atoms with Gasteiger partial charge in [0, 0.05) is 32.4 Å². The Balaban J connectivity index is 1.61. The highest BCUT2D eigenvalue weighted by molar-refractivity contribution is 5.85. The van der Waals surface area contributed by atoms with E-state index >= 15 is 0 Å². The summed E-state index contributed by atoms with van der Waals surface area (Å²) in [6.45, 7) is 0.00747. The first kappa shape index (κ1) is 44.4. The molecule has 0 spiro atoms. The molecule has 0 bridgehead atoms. The molecule has 0 saturated heterocycles. The summed E-state index contributed by atoms with van der Waals surface area (Å²) < 4.78 is 10.8. The molecule has 292 valence electrons. The van der Waals surface area contributed by atoms with Crippen molar-refractivity contribution in [3.8, 4) is 0 Å².